The van der Waals surface area contributed by atoms with Gasteiger partial charge in [0.15, 0.2) is 9.84 Å². The fourth-order valence-electron chi connectivity index (χ4n) is 17.1. The zero-order valence-electron chi connectivity index (χ0n) is 66.1. The van der Waals surface area contributed by atoms with Gasteiger partial charge in [-0.25, -0.2) is 8.42 Å². The van der Waals surface area contributed by atoms with Crippen LogP contribution in [0.5, 0.6) is 5.75 Å². The third-order valence-corrected chi connectivity index (χ3v) is 26.3. The SMILES string of the molecule is CCC1CCC(c2ccccc2)N1c1ccc(C#N)c(Cl)c1.CCC1CCC(c2ccccc2)N1c1ccc(C#N)c(Cl)c1C.COc1cccc(C2(C)CCCN2c2ccc(C#N)c(Cl)c2)c1.Cc1c(N2CC(O)CC2c2ccccc2)ccc(C#N)c1Cl.Cc1c(N2CCCC2c2cccc(S(C)(=O)=O)c2)ccc(C#N)c1Cl. The Morgan fingerprint density at radius 1 is 0.470 bits per heavy atom. The van der Waals surface area contributed by atoms with Crippen molar-refractivity contribution in [1.82, 2.24) is 0 Å². The minimum absolute atomic E-state index is 0.101. The van der Waals surface area contributed by atoms with Crippen molar-refractivity contribution >= 4 is 96.3 Å². The molecule has 590 valence electrons. The summed E-state index contributed by atoms with van der Waals surface area (Å²) in [5.41, 5.74) is 16.6. The number of aliphatic hydroxyl groups excluding tert-OH is 1. The van der Waals surface area contributed by atoms with Gasteiger partial charge in [0.25, 0.3) is 0 Å². The summed E-state index contributed by atoms with van der Waals surface area (Å²) in [5.74, 6) is 0.869. The first-order valence-corrected chi connectivity index (χ1v) is 42.8. The quantitative estimate of drug-likeness (QED) is 0.108. The molecule has 0 aliphatic carbocycles. The van der Waals surface area contributed by atoms with E-state index in [0.717, 1.165) is 121 Å². The summed E-state index contributed by atoms with van der Waals surface area (Å²) in [6.45, 7) is 15.0. The fraction of sp³-hybridized carbons (Fsp3) is 0.316. The Bertz CT molecular complexity index is 5430. The summed E-state index contributed by atoms with van der Waals surface area (Å²) in [6, 6.07) is 82.2. The van der Waals surface area contributed by atoms with Gasteiger partial charge in [-0.2, -0.15) is 26.3 Å². The fourth-order valence-corrected chi connectivity index (χ4v) is 18.8. The third-order valence-electron chi connectivity index (χ3n) is 23.1. The van der Waals surface area contributed by atoms with Gasteiger partial charge in [0, 0.05) is 66.4 Å². The molecule has 14 nitrogen and oxygen atoms in total. The summed E-state index contributed by atoms with van der Waals surface area (Å²) < 4.78 is 29.1. The molecule has 5 saturated heterocycles. The van der Waals surface area contributed by atoms with Crippen molar-refractivity contribution in [2.75, 3.05) is 57.5 Å². The first kappa shape index (κ1) is 85.7. The van der Waals surface area contributed by atoms with Crippen LogP contribution in [0.1, 0.15) is 188 Å². The van der Waals surface area contributed by atoms with Gasteiger partial charge in [0.05, 0.1) is 101 Å². The van der Waals surface area contributed by atoms with Crippen LogP contribution in [-0.4, -0.2) is 64.7 Å². The number of hydrogen-bond acceptors (Lipinski definition) is 14. The van der Waals surface area contributed by atoms with E-state index < -0.39 is 9.84 Å². The first-order chi connectivity index (χ1) is 55.4. The summed E-state index contributed by atoms with van der Waals surface area (Å²) >= 11 is 31.5. The summed E-state index contributed by atoms with van der Waals surface area (Å²) in [7, 11) is -1.55. The van der Waals surface area contributed by atoms with E-state index in [4.69, 9.17) is 83.8 Å². The van der Waals surface area contributed by atoms with Gasteiger partial charge in [-0.1, -0.05) is 187 Å². The van der Waals surface area contributed by atoms with Gasteiger partial charge in [-0.05, 0) is 240 Å². The maximum Gasteiger partial charge on any atom is 0.175 e. The van der Waals surface area contributed by atoms with E-state index >= 15 is 0 Å². The molecule has 10 aromatic carbocycles. The Labute approximate surface area is 704 Å². The van der Waals surface area contributed by atoms with Gasteiger partial charge in [-0.3, -0.25) is 0 Å². The van der Waals surface area contributed by atoms with Crippen LogP contribution < -0.4 is 29.2 Å². The Morgan fingerprint density at radius 2 is 0.922 bits per heavy atom. The van der Waals surface area contributed by atoms with Crippen LogP contribution in [-0.2, 0) is 15.4 Å². The van der Waals surface area contributed by atoms with Gasteiger partial charge < -0.3 is 34.3 Å². The largest absolute Gasteiger partial charge is 0.497 e. The van der Waals surface area contributed by atoms with Crippen molar-refractivity contribution in [3.63, 3.8) is 0 Å². The molecule has 0 aromatic heterocycles. The summed E-state index contributed by atoms with van der Waals surface area (Å²) in [4.78, 5) is 12.1. The molecular weight excluding hydrogens is 1550 g/mol. The van der Waals surface area contributed by atoms with E-state index in [9.17, 15) is 18.8 Å². The third kappa shape index (κ3) is 19.4. The number of anilines is 5. The number of rotatable bonds is 14. The monoisotopic (exact) mass is 1650 g/mol. The summed E-state index contributed by atoms with van der Waals surface area (Å²) in [6.07, 6.45) is 12.6. The van der Waals surface area contributed by atoms with Gasteiger partial charge >= 0.3 is 0 Å². The molecule has 0 bridgehead atoms. The predicted octanol–water partition coefficient (Wildman–Crippen LogP) is 23.8. The van der Waals surface area contributed by atoms with E-state index in [1.165, 1.54) is 41.4 Å². The number of nitrogens with zero attached hydrogens (tertiary/aromatic N) is 10. The second-order valence-electron chi connectivity index (χ2n) is 30.0. The smallest absolute Gasteiger partial charge is 0.175 e. The highest BCUT2D eigenvalue weighted by Gasteiger charge is 2.40. The van der Waals surface area contributed by atoms with Gasteiger partial charge in [0.1, 0.15) is 36.1 Å². The highest BCUT2D eigenvalue weighted by molar-refractivity contribution is 7.90. The lowest BCUT2D eigenvalue weighted by Crippen LogP contribution is -2.38. The Balaban J connectivity index is 0.000000142. The number of sulfone groups is 1. The van der Waals surface area contributed by atoms with Crippen LogP contribution >= 0.6 is 58.0 Å². The molecule has 10 aromatic rings. The Kier molecular flexibility index (Phi) is 29.0. The number of ether oxygens (including phenoxy) is 1. The van der Waals surface area contributed by atoms with E-state index in [0.29, 0.717) is 95.0 Å². The van der Waals surface area contributed by atoms with Crippen molar-refractivity contribution in [2.45, 2.75) is 165 Å². The molecule has 0 amide bonds. The molecule has 20 heteroatoms. The highest BCUT2D eigenvalue weighted by atomic mass is 35.5. The molecular formula is C95H95Cl5N10O4S. The van der Waals surface area contributed by atoms with E-state index in [2.05, 4.69) is 167 Å². The average molecular weight is 1650 g/mol. The zero-order chi connectivity index (χ0) is 82.3. The van der Waals surface area contributed by atoms with Crippen LogP contribution in [0.4, 0.5) is 28.4 Å². The molecule has 0 spiro atoms. The molecule has 15 rings (SSSR count). The topological polar surface area (TPSA) is 199 Å². The van der Waals surface area contributed by atoms with Crippen molar-refractivity contribution in [3.8, 4) is 36.1 Å². The van der Waals surface area contributed by atoms with E-state index in [1.807, 2.05) is 106 Å². The van der Waals surface area contributed by atoms with Crippen molar-refractivity contribution in [3.05, 3.63) is 310 Å². The minimum Gasteiger partial charge on any atom is -0.497 e. The zero-order valence-corrected chi connectivity index (χ0v) is 70.7. The average Bonchev–Trinajstić information content (AvgIpc) is 1.68. The minimum atomic E-state index is -3.24. The lowest BCUT2D eigenvalue weighted by atomic mass is 9.88. The molecule has 5 heterocycles. The normalized spacial score (nSPS) is 20.0. The van der Waals surface area contributed by atoms with Crippen LogP contribution in [0.25, 0.3) is 0 Å². The second kappa shape index (κ2) is 39.0. The number of β-amino-alcohol motifs (C(OH)–C–C–N with tert-alkyl or cyclic N) is 1. The second-order valence-corrected chi connectivity index (χ2v) is 33.9. The molecule has 8 atom stereocenters. The number of halogens is 5. The molecule has 5 aliphatic heterocycles. The molecule has 8 unspecified atom stereocenters. The number of aliphatic hydroxyl groups is 1. The van der Waals surface area contributed by atoms with Crippen molar-refractivity contribution in [2.24, 2.45) is 0 Å². The van der Waals surface area contributed by atoms with Crippen LogP contribution in [0.3, 0.4) is 0 Å². The van der Waals surface area contributed by atoms with E-state index in [-0.39, 0.29) is 23.7 Å². The van der Waals surface area contributed by atoms with Crippen molar-refractivity contribution < 1.29 is 18.3 Å². The number of methoxy groups -OCH3 is 1. The number of nitriles is 5. The lowest BCUT2D eigenvalue weighted by molar-refractivity contribution is 0.194. The Hall–Kier alpha value is -10.2. The maximum atomic E-state index is 11.9. The standard InChI is InChI=1S/C20H21ClN2.C19H19ClN2O2S.C19H19ClN2O.C19H19ClN2.C18H17ClN2O/c1-3-17-10-12-19(15-7-5-4-6-8-15)23(17)18-11-9-16(13-22)20(21)14(18)2;1-13-17(9-8-15(12-21)19(13)20)22-10-4-7-18(22)14-5-3-6-16(11-14)25(2,23)24;1-19(15-5-3-6-17(11-15)23-2)9-4-10-22(19)16-8-7-14(13-21)18(20)12-16;1-2-16-10-11-19(14-6-4-3-5-7-14)22(16)17-9-8-15(13-21)18(20)12-17;1-12-16(8-7-14(10-20)18(12)19)21-11-15(22)9-17(21)13-5-3-2-4-6-13/h4-9,11,17,19H,3,10,12H2,1-2H3;3,5-6,8-9,11,18H,4,7,10H2,1-2H3;3,5-8,11-12H,4,9-10H2,1-2H3;3-9,12,16,19H,2,10-11H2,1H3;2-8,15,17,22H,9,11H2,1H3. The molecule has 0 saturated carbocycles. The van der Waals surface area contributed by atoms with Gasteiger partial charge in [-0.15, -0.1) is 0 Å². The number of benzene rings is 10. The van der Waals surface area contributed by atoms with Crippen LogP contribution in [0.2, 0.25) is 25.1 Å². The van der Waals surface area contributed by atoms with Crippen molar-refractivity contribution in [1.29, 1.82) is 26.3 Å². The van der Waals surface area contributed by atoms with Gasteiger partial charge in [0.2, 0.25) is 0 Å². The molecule has 0 radical (unpaired) electrons. The highest BCUT2D eigenvalue weighted by Crippen LogP contribution is 2.48. The molecule has 1 N–H and O–H groups in total. The summed E-state index contributed by atoms with van der Waals surface area (Å²) in [5, 5.41) is 58.2. The molecule has 115 heavy (non-hydrogen) atoms. The van der Waals surface area contributed by atoms with E-state index in [1.54, 1.807) is 43.5 Å². The number of hydrogen-bond donors (Lipinski definition) is 1. The van der Waals surface area contributed by atoms with Crippen LogP contribution in [0.15, 0.2) is 217 Å². The lowest BCUT2D eigenvalue weighted by Gasteiger charge is -2.38. The van der Waals surface area contributed by atoms with Crippen LogP contribution in [0, 0.1) is 77.4 Å². The molecule has 5 aliphatic rings. The molecule has 5 fully saturated rings. The predicted molar refractivity (Wildman–Crippen MR) is 468 cm³/mol. The first-order valence-electron chi connectivity index (χ1n) is 39.1. The Morgan fingerprint density at radius 3 is 1.43 bits per heavy atom. The maximum absolute atomic E-state index is 11.9.